The van der Waals surface area contributed by atoms with Gasteiger partial charge in [0.25, 0.3) is 0 Å². The van der Waals surface area contributed by atoms with Crippen molar-refractivity contribution in [1.29, 1.82) is 0 Å². The van der Waals surface area contributed by atoms with Crippen molar-refractivity contribution >= 4 is 11.6 Å². The van der Waals surface area contributed by atoms with Gasteiger partial charge in [0.05, 0.1) is 24.0 Å². The number of rotatable bonds is 5. The largest absolute Gasteiger partial charge is 0.495 e. The van der Waals surface area contributed by atoms with Crippen LogP contribution in [0, 0.1) is 0 Å². The van der Waals surface area contributed by atoms with Crippen molar-refractivity contribution < 1.29 is 13.9 Å². The van der Waals surface area contributed by atoms with E-state index in [1.807, 2.05) is 30.3 Å². The quantitative estimate of drug-likeness (QED) is 0.682. The highest BCUT2D eigenvalue weighted by Gasteiger charge is 2.14. The van der Waals surface area contributed by atoms with E-state index in [1.165, 1.54) is 25.5 Å². The smallest absolute Gasteiger partial charge is 0.185 e. The van der Waals surface area contributed by atoms with E-state index < -0.39 is 0 Å². The van der Waals surface area contributed by atoms with Gasteiger partial charge in [0.15, 0.2) is 5.43 Å². The van der Waals surface area contributed by atoms with Gasteiger partial charge in [-0.2, -0.15) is 0 Å². The van der Waals surface area contributed by atoms with Gasteiger partial charge < -0.3 is 13.9 Å². The molecule has 4 nitrogen and oxygen atoms in total. The molecule has 0 unspecified atom stereocenters. The van der Waals surface area contributed by atoms with Crippen LogP contribution in [0.5, 0.6) is 11.5 Å². The summed E-state index contributed by atoms with van der Waals surface area (Å²) < 4.78 is 16.6. The Kier molecular flexibility index (Phi) is 4.87. The maximum Gasteiger partial charge on any atom is 0.185 e. The Morgan fingerprint density at radius 2 is 1.83 bits per heavy atom. The Hall–Kier alpha value is -2.72. The van der Waals surface area contributed by atoms with E-state index in [2.05, 4.69) is 0 Å². The average molecular weight is 343 g/mol. The average Bonchev–Trinajstić information content (AvgIpc) is 2.61. The minimum Gasteiger partial charge on any atom is -0.495 e. The van der Waals surface area contributed by atoms with Gasteiger partial charge in [-0.15, -0.1) is 0 Å². The van der Waals surface area contributed by atoms with Crippen LogP contribution in [0.1, 0.15) is 5.56 Å². The van der Waals surface area contributed by atoms with Crippen LogP contribution in [-0.2, 0) is 6.61 Å². The van der Waals surface area contributed by atoms with Crippen LogP contribution in [0.4, 0.5) is 0 Å². The zero-order valence-corrected chi connectivity index (χ0v) is 13.7. The Bertz CT molecular complexity index is 887. The molecule has 0 spiro atoms. The molecule has 0 aliphatic carbocycles. The van der Waals surface area contributed by atoms with Crippen LogP contribution < -0.4 is 14.9 Å². The molecule has 2 aromatic carbocycles. The van der Waals surface area contributed by atoms with Gasteiger partial charge in [-0.05, 0) is 11.6 Å². The lowest BCUT2D eigenvalue weighted by atomic mass is 10.1. The molecular weight excluding hydrogens is 328 g/mol. The summed E-state index contributed by atoms with van der Waals surface area (Å²) in [5, 5.41) is 0.408. The molecule has 0 amide bonds. The lowest BCUT2D eigenvalue weighted by Crippen LogP contribution is -2.00. The molecule has 0 atom stereocenters. The van der Waals surface area contributed by atoms with E-state index in [0.29, 0.717) is 34.5 Å². The van der Waals surface area contributed by atoms with Crippen LogP contribution in [0.2, 0.25) is 5.02 Å². The molecule has 1 aromatic heterocycles. The number of ether oxygens (including phenoxy) is 2. The first-order chi connectivity index (χ1) is 11.7. The predicted molar refractivity (Wildman–Crippen MR) is 92.8 cm³/mol. The normalized spacial score (nSPS) is 10.4. The molecule has 0 N–H and O–H groups in total. The maximum atomic E-state index is 11.6. The Morgan fingerprint density at radius 3 is 2.54 bits per heavy atom. The van der Waals surface area contributed by atoms with Crippen LogP contribution >= 0.6 is 11.6 Å². The third-order valence-corrected chi connectivity index (χ3v) is 3.75. The van der Waals surface area contributed by atoms with E-state index in [4.69, 9.17) is 25.5 Å². The van der Waals surface area contributed by atoms with Gasteiger partial charge >= 0.3 is 0 Å². The summed E-state index contributed by atoms with van der Waals surface area (Å²) in [7, 11) is 1.53. The summed E-state index contributed by atoms with van der Waals surface area (Å²) in [4.78, 5) is 11.6. The second-order valence-corrected chi connectivity index (χ2v) is 5.50. The first-order valence-electron chi connectivity index (χ1n) is 7.31. The van der Waals surface area contributed by atoms with Crippen LogP contribution in [0.25, 0.3) is 11.3 Å². The number of halogens is 1. The molecule has 1 heterocycles. The minimum atomic E-state index is -0.155. The number of methoxy groups -OCH3 is 1. The van der Waals surface area contributed by atoms with Crippen molar-refractivity contribution in [2.45, 2.75) is 6.61 Å². The van der Waals surface area contributed by atoms with Crippen LogP contribution in [-0.4, -0.2) is 7.11 Å². The van der Waals surface area contributed by atoms with Crippen LogP contribution in [0.15, 0.2) is 70.1 Å². The monoisotopic (exact) mass is 342 g/mol. The van der Waals surface area contributed by atoms with E-state index in [0.717, 1.165) is 5.56 Å². The molecule has 122 valence electrons. The standard InChI is InChI=1S/C19H15ClO4/c1-22-19-11-18(24-12-13-5-3-2-4-6-13)15(10-16(19)20)17-9-14(21)7-8-23-17/h2-11H,12H2,1H3. The molecule has 0 saturated carbocycles. The molecule has 0 radical (unpaired) electrons. The van der Waals surface area contributed by atoms with E-state index in [9.17, 15) is 4.79 Å². The first kappa shape index (κ1) is 16.1. The fourth-order valence-electron chi connectivity index (χ4n) is 2.27. The van der Waals surface area contributed by atoms with E-state index >= 15 is 0 Å². The van der Waals surface area contributed by atoms with Crippen molar-refractivity contribution in [3.63, 3.8) is 0 Å². The minimum absolute atomic E-state index is 0.155. The predicted octanol–water partition coefficient (Wildman–Crippen LogP) is 4.55. The fourth-order valence-corrected chi connectivity index (χ4v) is 2.51. The summed E-state index contributed by atoms with van der Waals surface area (Å²) in [6.07, 6.45) is 1.34. The summed E-state index contributed by atoms with van der Waals surface area (Å²) in [5.74, 6) is 1.39. The topological polar surface area (TPSA) is 48.7 Å². The van der Waals surface area contributed by atoms with Gasteiger partial charge in [0, 0.05) is 18.2 Å². The van der Waals surface area contributed by atoms with Gasteiger partial charge in [-0.25, -0.2) is 0 Å². The molecule has 3 rings (SSSR count). The Labute approximate surface area is 144 Å². The molecule has 0 saturated heterocycles. The fraction of sp³-hybridized carbons (Fsp3) is 0.105. The van der Waals surface area contributed by atoms with E-state index in [-0.39, 0.29) is 5.43 Å². The molecule has 3 aromatic rings. The summed E-state index contributed by atoms with van der Waals surface area (Å²) in [5.41, 5.74) is 1.46. The summed E-state index contributed by atoms with van der Waals surface area (Å²) >= 11 is 6.21. The number of benzene rings is 2. The highest BCUT2D eigenvalue weighted by molar-refractivity contribution is 6.32. The van der Waals surface area contributed by atoms with Crippen molar-refractivity contribution in [2.75, 3.05) is 7.11 Å². The Morgan fingerprint density at radius 1 is 1.04 bits per heavy atom. The van der Waals surface area contributed by atoms with Crippen molar-refractivity contribution in [2.24, 2.45) is 0 Å². The van der Waals surface area contributed by atoms with Crippen molar-refractivity contribution in [3.05, 3.63) is 81.7 Å². The van der Waals surface area contributed by atoms with Gasteiger partial charge in [-0.3, -0.25) is 4.79 Å². The highest BCUT2D eigenvalue weighted by Crippen LogP contribution is 2.38. The zero-order valence-electron chi connectivity index (χ0n) is 13.0. The SMILES string of the molecule is COc1cc(OCc2ccccc2)c(-c2cc(=O)cco2)cc1Cl. The van der Waals surface area contributed by atoms with Crippen molar-refractivity contribution in [1.82, 2.24) is 0 Å². The van der Waals surface area contributed by atoms with Gasteiger partial charge in [0.2, 0.25) is 0 Å². The second kappa shape index (κ2) is 7.23. The molecular formula is C19H15ClO4. The number of hydrogen-bond acceptors (Lipinski definition) is 4. The van der Waals surface area contributed by atoms with Gasteiger partial charge in [-0.1, -0.05) is 41.9 Å². The first-order valence-corrected chi connectivity index (χ1v) is 7.68. The summed E-state index contributed by atoms with van der Waals surface area (Å²) in [6.45, 7) is 0.371. The second-order valence-electron chi connectivity index (χ2n) is 5.09. The Balaban J connectivity index is 2.00. The highest BCUT2D eigenvalue weighted by atomic mass is 35.5. The molecule has 5 heteroatoms. The molecule has 0 aliphatic rings. The maximum absolute atomic E-state index is 11.6. The summed E-state index contributed by atoms with van der Waals surface area (Å²) in [6, 6.07) is 15.9. The van der Waals surface area contributed by atoms with E-state index in [1.54, 1.807) is 12.1 Å². The van der Waals surface area contributed by atoms with Crippen molar-refractivity contribution in [3.8, 4) is 22.8 Å². The third-order valence-electron chi connectivity index (χ3n) is 3.46. The number of hydrogen-bond donors (Lipinski definition) is 0. The van der Waals surface area contributed by atoms with Crippen LogP contribution in [0.3, 0.4) is 0 Å². The molecule has 0 bridgehead atoms. The molecule has 24 heavy (non-hydrogen) atoms. The molecule has 0 aliphatic heterocycles. The third kappa shape index (κ3) is 3.60. The molecule has 0 fully saturated rings. The lowest BCUT2D eigenvalue weighted by Gasteiger charge is -2.14. The lowest BCUT2D eigenvalue weighted by molar-refractivity contribution is 0.304. The zero-order chi connectivity index (χ0) is 16.9. The van der Waals surface area contributed by atoms with Gasteiger partial charge in [0.1, 0.15) is 23.9 Å².